The van der Waals surface area contributed by atoms with E-state index in [4.69, 9.17) is 4.74 Å². The lowest BCUT2D eigenvalue weighted by molar-refractivity contribution is -0.154. The van der Waals surface area contributed by atoms with E-state index >= 15 is 0 Å². The molecule has 2 fully saturated rings. The maximum Gasteiger partial charge on any atom is 0.246 e. The minimum Gasteiger partial charge on any atom is -0.494 e. The second kappa shape index (κ2) is 5.15. The Morgan fingerprint density at radius 2 is 2.19 bits per heavy atom. The average molecular weight is 291 g/mol. The summed E-state index contributed by atoms with van der Waals surface area (Å²) in [4.78, 5) is 13.6. The molecule has 1 heterocycles. The van der Waals surface area contributed by atoms with Gasteiger partial charge in [-0.05, 0) is 42.5 Å². The van der Waals surface area contributed by atoms with Crippen LogP contribution in [0.3, 0.4) is 0 Å². The van der Waals surface area contributed by atoms with Crippen molar-refractivity contribution in [3.63, 3.8) is 0 Å². The number of rotatable bonds is 4. The number of amides is 1. The van der Waals surface area contributed by atoms with Crippen molar-refractivity contribution < 1.29 is 19.0 Å². The third kappa shape index (κ3) is 2.78. The largest absolute Gasteiger partial charge is 0.494 e. The lowest BCUT2D eigenvalue weighted by atomic mass is 9.88. The summed E-state index contributed by atoms with van der Waals surface area (Å²) in [7, 11) is 1.41. The van der Waals surface area contributed by atoms with Crippen LogP contribution in [0.15, 0.2) is 24.3 Å². The molecule has 4 nitrogen and oxygen atoms in total. The molecule has 112 valence electrons. The highest BCUT2D eigenvalue weighted by Gasteiger charge is 2.52. The summed E-state index contributed by atoms with van der Waals surface area (Å²) in [6.45, 7) is 0.801. The van der Waals surface area contributed by atoms with Gasteiger partial charge in [0.1, 0.15) is 5.60 Å². The third-order valence-corrected chi connectivity index (χ3v) is 4.17. The number of halogens is 1. The van der Waals surface area contributed by atoms with Crippen LogP contribution in [-0.2, 0) is 4.79 Å². The summed E-state index contributed by atoms with van der Waals surface area (Å²) in [5.74, 6) is -0.0763. The quantitative estimate of drug-likeness (QED) is 0.861. The molecule has 1 aliphatic carbocycles. The van der Waals surface area contributed by atoms with E-state index < -0.39 is 11.4 Å². The smallest absolute Gasteiger partial charge is 0.246 e. The molecule has 1 saturated heterocycles. The topological polar surface area (TPSA) is 49.8 Å². The summed E-state index contributed by atoms with van der Waals surface area (Å²) < 4.78 is 18.4. The van der Waals surface area contributed by atoms with Gasteiger partial charge >= 0.3 is 0 Å². The van der Waals surface area contributed by atoms with Gasteiger partial charge in [0.2, 0.25) is 5.91 Å². The first-order valence-corrected chi connectivity index (χ1v) is 7.05. The Morgan fingerprint density at radius 1 is 1.48 bits per heavy atom. The first-order valence-electron chi connectivity index (χ1n) is 7.05. The number of benzene rings is 1. The summed E-state index contributed by atoms with van der Waals surface area (Å²) >= 11 is 0. The van der Waals surface area contributed by atoms with E-state index in [9.17, 15) is 14.3 Å². The van der Waals surface area contributed by atoms with Crippen LogP contribution in [0.1, 0.15) is 18.4 Å². The van der Waals surface area contributed by atoms with E-state index in [-0.39, 0.29) is 11.7 Å². The maximum atomic E-state index is 13.5. The molecule has 0 bridgehead atoms. The highest BCUT2D eigenvalue weighted by molar-refractivity contribution is 5.92. The molecule has 1 amide bonds. The molecular weight excluding hydrogens is 273 g/mol. The van der Waals surface area contributed by atoms with Gasteiger partial charge in [-0.25, -0.2) is 4.39 Å². The Morgan fingerprint density at radius 3 is 2.76 bits per heavy atom. The van der Waals surface area contributed by atoms with Crippen LogP contribution in [0.5, 0.6) is 5.75 Å². The van der Waals surface area contributed by atoms with E-state index in [1.807, 2.05) is 0 Å². The van der Waals surface area contributed by atoms with Crippen molar-refractivity contribution in [1.29, 1.82) is 0 Å². The number of hydrogen-bond donors (Lipinski definition) is 1. The van der Waals surface area contributed by atoms with Crippen LogP contribution in [0.25, 0.3) is 6.08 Å². The van der Waals surface area contributed by atoms with Crippen molar-refractivity contribution >= 4 is 12.0 Å². The zero-order chi connectivity index (χ0) is 15.0. The zero-order valence-electron chi connectivity index (χ0n) is 11.9. The number of methoxy groups -OCH3 is 1. The van der Waals surface area contributed by atoms with E-state index in [0.29, 0.717) is 24.6 Å². The first-order chi connectivity index (χ1) is 10.0. The molecule has 0 radical (unpaired) electrons. The predicted molar refractivity (Wildman–Crippen MR) is 76.2 cm³/mol. The van der Waals surface area contributed by atoms with Crippen molar-refractivity contribution in [2.45, 2.75) is 18.4 Å². The van der Waals surface area contributed by atoms with Crippen molar-refractivity contribution in [3.8, 4) is 5.75 Å². The monoisotopic (exact) mass is 291 g/mol. The van der Waals surface area contributed by atoms with Gasteiger partial charge in [-0.1, -0.05) is 6.07 Å². The zero-order valence-corrected chi connectivity index (χ0v) is 11.9. The van der Waals surface area contributed by atoms with Crippen LogP contribution in [0.4, 0.5) is 4.39 Å². The highest BCUT2D eigenvalue weighted by atomic mass is 19.1. The highest BCUT2D eigenvalue weighted by Crippen LogP contribution is 2.44. The Bertz CT molecular complexity index is 589. The lowest BCUT2D eigenvalue weighted by Gasteiger charge is -2.46. The number of ether oxygens (including phenoxy) is 1. The molecule has 1 aliphatic heterocycles. The minimum atomic E-state index is -0.671. The Balaban J connectivity index is 1.59. The number of nitrogens with zero attached hydrogens (tertiary/aromatic N) is 1. The number of carbonyl (C=O) groups is 1. The van der Waals surface area contributed by atoms with Gasteiger partial charge in [0, 0.05) is 6.08 Å². The van der Waals surface area contributed by atoms with Crippen molar-refractivity contribution in [2.24, 2.45) is 5.92 Å². The molecule has 1 saturated carbocycles. The number of aliphatic hydroxyl groups is 1. The molecule has 0 aromatic heterocycles. The lowest BCUT2D eigenvalue weighted by Crippen LogP contribution is -2.64. The van der Waals surface area contributed by atoms with E-state index in [0.717, 1.165) is 12.8 Å². The molecule has 2 aliphatic rings. The van der Waals surface area contributed by atoms with E-state index in [2.05, 4.69) is 0 Å². The van der Waals surface area contributed by atoms with Gasteiger partial charge in [-0.3, -0.25) is 4.79 Å². The molecule has 1 aromatic rings. The molecule has 21 heavy (non-hydrogen) atoms. The molecule has 5 heteroatoms. The normalized spacial score (nSPS) is 20.4. The third-order valence-electron chi connectivity index (χ3n) is 4.17. The Kier molecular flexibility index (Phi) is 3.45. The first kappa shape index (κ1) is 14.1. The number of hydrogen-bond acceptors (Lipinski definition) is 3. The predicted octanol–water partition coefficient (Wildman–Crippen LogP) is 1.83. The number of carbonyl (C=O) groups excluding carboxylic acids is 1. The molecule has 3 rings (SSSR count). The minimum absolute atomic E-state index is 0.156. The number of β-amino-alcohol motifs (C(OH)–C–C–N with tert-alkyl or cyclic N) is 1. The van der Waals surface area contributed by atoms with Crippen LogP contribution in [0.2, 0.25) is 0 Å². The van der Waals surface area contributed by atoms with Crippen LogP contribution < -0.4 is 4.74 Å². The van der Waals surface area contributed by atoms with Crippen LogP contribution in [0, 0.1) is 11.7 Å². The SMILES string of the molecule is COc1ccc(C=CC(=O)N2CC(O)(C3CC3)C2)cc1F. The molecule has 0 unspecified atom stereocenters. The molecule has 1 N–H and O–H groups in total. The Hall–Kier alpha value is -1.88. The molecule has 1 aromatic carbocycles. The summed E-state index contributed by atoms with van der Waals surface area (Å²) in [6.07, 6.45) is 5.09. The standard InChI is InChI=1S/C16H18FNO3/c1-21-14-6-2-11(8-13(14)17)3-7-15(19)18-9-16(20,10-18)12-4-5-12/h2-3,6-8,12,20H,4-5,9-10H2,1H3. The van der Waals surface area contributed by atoms with E-state index in [1.54, 1.807) is 17.0 Å². The fourth-order valence-electron chi connectivity index (χ4n) is 2.71. The number of likely N-dealkylation sites (tertiary alicyclic amines) is 1. The van der Waals surface area contributed by atoms with Crippen molar-refractivity contribution in [1.82, 2.24) is 4.90 Å². The summed E-state index contributed by atoms with van der Waals surface area (Å²) in [5.41, 5.74) is -0.0740. The van der Waals surface area contributed by atoms with Gasteiger partial charge < -0.3 is 14.7 Å². The van der Waals surface area contributed by atoms with Crippen LogP contribution >= 0.6 is 0 Å². The van der Waals surface area contributed by atoms with Crippen molar-refractivity contribution in [2.75, 3.05) is 20.2 Å². The van der Waals surface area contributed by atoms with Gasteiger partial charge in [0.05, 0.1) is 20.2 Å². The fourth-order valence-corrected chi connectivity index (χ4v) is 2.71. The second-order valence-corrected chi connectivity index (χ2v) is 5.80. The van der Waals surface area contributed by atoms with Gasteiger partial charge in [0.15, 0.2) is 11.6 Å². The van der Waals surface area contributed by atoms with E-state index in [1.165, 1.54) is 25.3 Å². The average Bonchev–Trinajstić information content (AvgIpc) is 3.26. The molecule has 0 spiro atoms. The second-order valence-electron chi connectivity index (χ2n) is 5.80. The fraction of sp³-hybridized carbons (Fsp3) is 0.438. The Labute approximate surface area is 122 Å². The maximum absolute atomic E-state index is 13.5. The summed E-state index contributed by atoms with van der Waals surface area (Å²) in [6, 6.07) is 4.52. The van der Waals surface area contributed by atoms with Gasteiger partial charge in [-0.15, -0.1) is 0 Å². The molecular formula is C16H18FNO3. The summed E-state index contributed by atoms with van der Waals surface area (Å²) in [5, 5.41) is 10.2. The van der Waals surface area contributed by atoms with Crippen LogP contribution in [-0.4, -0.2) is 41.7 Å². The molecule has 0 atom stereocenters. The van der Waals surface area contributed by atoms with Gasteiger partial charge in [-0.2, -0.15) is 0 Å². The van der Waals surface area contributed by atoms with Crippen molar-refractivity contribution in [3.05, 3.63) is 35.7 Å². The van der Waals surface area contributed by atoms with Gasteiger partial charge in [0.25, 0.3) is 0 Å².